The quantitative estimate of drug-likeness (QED) is 0.677. The molecule has 1 aromatic heterocycles. The number of carbonyl (C=O) groups excluding carboxylic acids is 2. The van der Waals surface area contributed by atoms with E-state index in [2.05, 4.69) is 9.84 Å². The first-order valence-corrected chi connectivity index (χ1v) is 5.94. The molecule has 2 aromatic rings. The monoisotopic (exact) mass is 274 g/mol. The zero-order valence-corrected chi connectivity index (χ0v) is 11.4. The molecule has 0 spiro atoms. The summed E-state index contributed by atoms with van der Waals surface area (Å²) in [5.41, 5.74) is 1.09. The number of rotatable bonds is 3. The van der Waals surface area contributed by atoms with Crippen LogP contribution in [-0.4, -0.2) is 28.6 Å². The fourth-order valence-corrected chi connectivity index (χ4v) is 1.94. The first-order valence-electron chi connectivity index (χ1n) is 5.94. The standard InChI is InChI=1S/C14H14N2O4/c1-8(17)9-4-6-10(7-5-9)11-12(14(19)20-3)15-16(2)13(11)18/h4-7,15H,1-3H3. The number of aromatic amines is 1. The predicted octanol–water partition coefficient (Wildman–Crippen LogP) is 1.37. The van der Waals surface area contributed by atoms with E-state index >= 15 is 0 Å². The second kappa shape index (κ2) is 5.16. The van der Waals surface area contributed by atoms with Crippen molar-refractivity contribution in [1.82, 2.24) is 9.78 Å². The number of nitrogens with one attached hydrogen (secondary N) is 1. The molecular formula is C14H14N2O4. The van der Waals surface area contributed by atoms with E-state index in [1.165, 1.54) is 25.8 Å². The summed E-state index contributed by atoms with van der Waals surface area (Å²) >= 11 is 0. The molecule has 2 rings (SSSR count). The smallest absolute Gasteiger partial charge is 0.356 e. The largest absolute Gasteiger partial charge is 0.464 e. The molecule has 0 saturated carbocycles. The van der Waals surface area contributed by atoms with Crippen molar-refractivity contribution in [3.63, 3.8) is 0 Å². The van der Waals surface area contributed by atoms with Gasteiger partial charge in [-0.2, -0.15) is 0 Å². The van der Waals surface area contributed by atoms with E-state index < -0.39 is 5.97 Å². The number of aromatic nitrogens is 2. The van der Waals surface area contributed by atoms with Crippen LogP contribution in [-0.2, 0) is 11.8 Å². The van der Waals surface area contributed by atoms with Gasteiger partial charge in [0.1, 0.15) is 0 Å². The Morgan fingerprint density at radius 2 is 1.80 bits per heavy atom. The molecule has 0 aliphatic carbocycles. The number of methoxy groups -OCH3 is 1. The van der Waals surface area contributed by atoms with Crippen molar-refractivity contribution in [2.75, 3.05) is 7.11 Å². The highest BCUT2D eigenvalue weighted by atomic mass is 16.5. The number of Topliss-reactive ketones (excluding diaryl/α,β-unsaturated/α-hetero) is 1. The number of benzene rings is 1. The number of aryl methyl sites for hydroxylation is 1. The van der Waals surface area contributed by atoms with Crippen LogP contribution in [0.15, 0.2) is 29.1 Å². The summed E-state index contributed by atoms with van der Waals surface area (Å²) in [5.74, 6) is -0.681. The summed E-state index contributed by atoms with van der Waals surface area (Å²) in [7, 11) is 2.76. The normalized spacial score (nSPS) is 10.3. The molecular weight excluding hydrogens is 260 g/mol. The number of esters is 1. The molecule has 0 atom stereocenters. The lowest BCUT2D eigenvalue weighted by molar-refractivity contribution is 0.0594. The Hall–Kier alpha value is -2.63. The molecule has 0 fully saturated rings. The third kappa shape index (κ3) is 2.27. The van der Waals surface area contributed by atoms with Gasteiger partial charge in [-0.3, -0.25) is 19.4 Å². The summed E-state index contributed by atoms with van der Waals surface area (Å²) in [6.07, 6.45) is 0. The summed E-state index contributed by atoms with van der Waals surface area (Å²) in [6.45, 7) is 1.46. The van der Waals surface area contributed by atoms with Crippen LogP contribution in [0.2, 0.25) is 0 Å². The molecule has 20 heavy (non-hydrogen) atoms. The summed E-state index contributed by atoms with van der Waals surface area (Å²) in [4.78, 5) is 35.0. The Balaban J connectivity index is 2.60. The zero-order chi connectivity index (χ0) is 14.9. The van der Waals surface area contributed by atoms with Crippen molar-refractivity contribution in [3.8, 4) is 11.1 Å². The highest BCUT2D eigenvalue weighted by Gasteiger charge is 2.21. The fourth-order valence-electron chi connectivity index (χ4n) is 1.94. The van der Waals surface area contributed by atoms with Gasteiger partial charge in [0.2, 0.25) is 0 Å². The Kier molecular flexibility index (Phi) is 3.56. The van der Waals surface area contributed by atoms with E-state index in [0.29, 0.717) is 11.1 Å². The third-order valence-electron chi connectivity index (χ3n) is 3.02. The van der Waals surface area contributed by atoms with Crippen LogP contribution >= 0.6 is 0 Å². The Morgan fingerprint density at radius 1 is 1.20 bits per heavy atom. The van der Waals surface area contributed by atoms with E-state index in [0.717, 1.165) is 0 Å². The third-order valence-corrected chi connectivity index (χ3v) is 3.02. The molecule has 1 aromatic carbocycles. The molecule has 1 heterocycles. The average Bonchev–Trinajstić information content (AvgIpc) is 2.74. The van der Waals surface area contributed by atoms with Gasteiger partial charge in [0, 0.05) is 12.6 Å². The molecule has 0 bridgehead atoms. The van der Waals surface area contributed by atoms with E-state index in [-0.39, 0.29) is 22.6 Å². The predicted molar refractivity (Wildman–Crippen MR) is 72.8 cm³/mol. The van der Waals surface area contributed by atoms with Crippen molar-refractivity contribution < 1.29 is 14.3 Å². The lowest BCUT2D eigenvalue weighted by atomic mass is 10.0. The molecule has 1 N–H and O–H groups in total. The number of nitrogens with zero attached hydrogens (tertiary/aromatic N) is 1. The van der Waals surface area contributed by atoms with E-state index in [1.54, 1.807) is 24.3 Å². The summed E-state index contributed by atoms with van der Waals surface area (Å²) in [6, 6.07) is 6.50. The minimum Gasteiger partial charge on any atom is -0.464 e. The second-order valence-corrected chi connectivity index (χ2v) is 4.35. The maximum absolute atomic E-state index is 12.1. The van der Waals surface area contributed by atoms with Gasteiger partial charge >= 0.3 is 5.97 Å². The van der Waals surface area contributed by atoms with E-state index in [1.807, 2.05) is 0 Å². The Bertz CT molecular complexity index is 723. The van der Waals surface area contributed by atoms with Gasteiger partial charge in [-0.05, 0) is 12.5 Å². The van der Waals surface area contributed by atoms with Gasteiger partial charge in [0.05, 0.1) is 12.7 Å². The van der Waals surface area contributed by atoms with Gasteiger partial charge in [0.25, 0.3) is 5.56 Å². The number of carbonyl (C=O) groups is 2. The molecule has 0 unspecified atom stereocenters. The van der Waals surface area contributed by atoms with Crippen LogP contribution in [0.3, 0.4) is 0 Å². The highest BCUT2D eigenvalue weighted by Crippen LogP contribution is 2.20. The summed E-state index contributed by atoms with van der Waals surface area (Å²) in [5, 5.41) is 2.66. The van der Waals surface area contributed by atoms with Gasteiger partial charge in [-0.25, -0.2) is 4.79 Å². The number of H-pyrrole nitrogens is 1. The maximum Gasteiger partial charge on any atom is 0.356 e. The van der Waals surface area contributed by atoms with Crippen LogP contribution in [0.1, 0.15) is 27.8 Å². The van der Waals surface area contributed by atoms with Crippen LogP contribution in [0, 0.1) is 0 Å². The molecule has 0 radical (unpaired) electrons. The molecule has 0 saturated heterocycles. The van der Waals surface area contributed by atoms with Crippen molar-refractivity contribution in [3.05, 3.63) is 45.9 Å². The zero-order valence-electron chi connectivity index (χ0n) is 11.4. The lowest BCUT2D eigenvalue weighted by Gasteiger charge is -2.02. The van der Waals surface area contributed by atoms with Gasteiger partial charge in [0.15, 0.2) is 11.5 Å². The minimum absolute atomic E-state index is 0.0632. The molecule has 0 aliphatic rings. The molecule has 0 aliphatic heterocycles. The van der Waals surface area contributed by atoms with Gasteiger partial charge in [-0.1, -0.05) is 24.3 Å². The second-order valence-electron chi connectivity index (χ2n) is 4.35. The fraction of sp³-hybridized carbons (Fsp3) is 0.214. The number of hydrogen-bond donors (Lipinski definition) is 1. The van der Waals surface area contributed by atoms with Crippen molar-refractivity contribution in [2.45, 2.75) is 6.92 Å². The molecule has 0 amide bonds. The maximum atomic E-state index is 12.1. The Labute approximate surface area is 115 Å². The molecule has 6 nitrogen and oxygen atoms in total. The van der Waals surface area contributed by atoms with Crippen LogP contribution in [0.25, 0.3) is 11.1 Å². The first-order chi connectivity index (χ1) is 9.45. The Morgan fingerprint density at radius 3 is 2.30 bits per heavy atom. The van der Waals surface area contributed by atoms with Crippen LogP contribution in [0.5, 0.6) is 0 Å². The molecule has 6 heteroatoms. The average molecular weight is 274 g/mol. The van der Waals surface area contributed by atoms with E-state index in [9.17, 15) is 14.4 Å². The van der Waals surface area contributed by atoms with Gasteiger partial charge < -0.3 is 4.74 Å². The summed E-state index contributed by atoms with van der Waals surface area (Å²) < 4.78 is 5.86. The molecule has 104 valence electrons. The number of hydrogen-bond acceptors (Lipinski definition) is 4. The van der Waals surface area contributed by atoms with Crippen molar-refractivity contribution in [1.29, 1.82) is 0 Å². The lowest BCUT2D eigenvalue weighted by Crippen LogP contribution is -2.13. The van der Waals surface area contributed by atoms with Gasteiger partial charge in [-0.15, -0.1) is 0 Å². The van der Waals surface area contributed by atoms with Crippen molar-refractivity contribution >= 4 is 11.8 Å². The first kappa shape index (κ1) is 13.8. The van der Waals surface area contributed by atoms with Crippen LogP contribution < -0.4 is 5.56 Å². The SMILES string of the molecule is COC(=O)c1[nH]n(C)c(=O)c1-c1ccc(C(C)=O)cc1. The number of ether oxygens (including phenoxy) is 1. The minimum atomic E-state index is -0.617. The topological polar surface area (TPSA) is 81.2 Å². The highest BCUT2D eigenvalue weighted by molar-refractivity contribution is 5.97. The van der Waals surface area contributed by atoms with Crippen LogP contribution in [0.4, 0.5) is 0 Å². The van der Waals surface area contributed by atoms with E-state index in [4.69, 9.17) is 0 Å². The van der Waals surface area contributed by atoms with Crippen molar-refractivity contribution in [2.24, 2.45) is 7.05 Å². The number of ketones is 1.